The summed E-state index contributed by atoms with van der Waals surface area (Å²) in [4.78, 5) is 14.1. The summed E-state index contributed by atoms with van der Waals surface area (Å²) in [7, 11) is 0. The molecule has 0 atom stereocenters. The topological polar surface area (TPSA) is 91.3 Å². The molecule has 0 amide bonds. The molecule has 0 fully saturated rings. The van der Waals surface area contributed by atoms with E-state index in [-0.39, 0.29) is 27.4 Å². The summed E-state index contributed by atoms with van der Waals surface area (Å²) < 4.78 is 5.46. The molecule has 0 aliphatic carbocycles. The van der Waals surface area contributed by atoms with Gasteiger partial charge in [0, 0.05) is 18.3 Å². The van der Waals surface area contributed by atoms with E-state index < -0.39 is 4.92 Å². The van der Waals surface area contributed by atoms with E-state index in [0.717, 1.165) is 17.7 Å². The number of hydrogen-bond donors (Lipinski definition) is 1. The lowest BCUT2D eigenvalue weighted by Gasteiger charge is -2.11. The number of pyridine rings is 1. The molecule has 8 heteroatoms. The number of nitrogen functional groups attached to an aromatic ring is 1. The first kappa shape index (κ1) is 14.4. The SMILES string of the molecule is Cc1ccnc(Oc2c(Cl)cc([N+](=O)[O-])cc2Cl)c1N. The summed E-state index contributed by atoms with van der Waals surface area (Å²) in [5.74, 6) is 0.214. The van der Waals surface area contributed by atoms with Crippen molar-refractivity contribution in [1.82, 2.24) is 4.98 Å². The number of nitro benzene ring substituents is 1. The number of non-ortho nitro benzene ring substituents is 1. The van der Waals surface area contributed by atoms with Crippen LogP contribution in [0.5, 0.6) is 11.6 Å². The summed E-state index contributed by atoms with van der Waals surface area (Å²) in [6.07, 6.45) is 1.52. The van der Waals surface area contributed by atoms with Crippen LogP contribution in [0, 0.1) is 17.0 Å². The van der Waals surface area contributed by atoms with Gasteiger partial charge in [0.2, 0.25) is 5.88 Å². The maximum atomic E-state index is 10.7. The summed E-state index contributed by atoms with van der Waals surface area (Å²) in [5, 5.41) is 10.7. The first-order chi connectivity index (χ1) is 9.40. The lowest BCUT2D eigenvalue weighted by Crippen LogP contribution is -1.98. The molecule has 104 valence electrons. The van der Waals surface area contributed by atoms with Crippen LogP contribution in [-0.2, 0) is 0 Å². The third kappa shape index (κ3) is 2.76. The van der Waals surface area contributed by atoms with Gasteiger partial charge in [-0.1, -0.05) is 23.2 Å². The van der Waals surface area contributed by atoms with Crippen LogP contribution in [0.2, 0.25) is 10.0 Å². The third-order valence-electron chi connectivity index (χ3n) is 2.56. The highest BCUT2D eigenvalue weighted by molar-refractivity contribution is 6.37. The summed E-state index contributed by atoms with van der Waals surface area (Å²) in [6.45, 7) is 1.79. The van der Waals surface area contributed by atoms with Crippen LogP contribution >= 0.6 is 23.2 Å². The van der Waals surface area contributed by atoms with Crippen LogP contribution in [0.25, 0.3) is 0 Å². The fourth-order valence-electron chi connectivity index (χ4n) is 1.47. The van der Waals surface area contributed by atoms with E-state index in [2.05, 4.69) is 4.98 Å². The van der Waals surface area contributed by atoms with Gasteiger partial charge in [0.15, 0.2) is 5.75 Å². The molecule has 2 aromatic rings. The van der Waals surface area contributed by atoms with E-state index in [0.29, 0.717) is 5.69 Å². The van der Waals surface area contributed by atoms with Crippen molar-refractivity contribution in [2.45, 2.75) is 6.92 Å². The highest BCUT2D eigenvalue weighted by Gasteiger charge is 2.18. The Morgan fingerprint density at radius 3 is 2.50 bits per heavy atom. The van der Waals surface area contributed by atoms with Gasteiger partial charge >= 0.3 is 0 Å². The highest BCUT2D eigenvalue weighted by atomic mass is 35.5. The van der Waals surface area contributed by atoms with Gasteiger partial charge in [0.25, 0.3) is 5.69 Å². The van der Waals surface area contributed by atoms with Gasteiger partial charge in [0.05, 0.1) is 20.7 Å². The van der Waals surface area contributed by atoms with Crippen LogP contribution in [0.3, 0.4) is 0 Å². The Hall–Kier alpha value is -2.05. The van der Waals surface area contributed by atoms with E-state index in [1.165, 1.54) is 6.20 Å². The van der Waals surface area contributed by atoms with Crippen LogP contribution in [0.15, 0.2) is 24.4 Å². The van der Waals surface area contributed by atoms with Crippen molar-refractivity contribution in [3.8, 4) is 11.6 Å². The van der Waals surface area contributed by atoms with Gasteiger partial charge in [-0.05, 0) is 18.6 Å². The molecule has 1 heterocycles. The average Bonchev–Trinajstić information content (AvgIpc) is 2.38. The predicted octanol–water partition coefficient (Wildman–Crippen LogP) is 3.98. The smallest absolute Gasteiger partial charge is 0.272 e. The molecule has 1 aromatic carbocycles. The Balaban J connectivity index is 2.44. The number of aryl methyl sites for hydroxylation is 1. The van der Waals surface area contributed by atoms with Crippen molar-refractivity contribution in [2.75, 3.05) is 5.73 Å². The second-order valence-corrected chi connectivity index (χ2v) is 4.76. The van der Waals surface area contributed by atoms with Gasteiger partial charge in [-0.2, -0.15) is 0 Å². The average molecular weight is 314 g/mol. The van der Waals surface area contributed by atoms with Crippen molar-refractivity contribution in [3.05, 3.63) is 50.1 Å². The third-order valence-corrected chi connectivity index (χ3v) is 3.13. The molecule has 20 heavy (non-hydrogen) atoms. The number of halogens is 2. The number of nitrogens with two attached hydrogens (primary N) is 1. The number of nitrogens with zero attached hydrogens (tertiary/aromatic N) is 2. The second kappa shape index (κ2) is 5.52. The first-order valence-electron chi connectivity index (χ1n) is 5.42. The van der Waals surface area contributed by atoms with E-state index in [1.807, 2.05) is 0 Å². The Kier molecular flexibility index (Phi) is 3.96. The zero-order valence-electron chi connectivity index (χ0n) is 10.3. The first-order valence-corrected chi connectivity index (χ1v) is 6.18. The molecular formula is C12H9Cl2N3O3. The molecule has 0 aliphatic rings. The minimum absolute atomic E-state index is 0.00639. The fourth-order valence-corrected chi connectivity index (χ4v) is 2.02. The van der Waals surface area contributed by atoms with Crippen LogP contribution < -0.4 is 10.5 Å². The zero-order valence-corrected chi connectivity index (χ0v) is 11.8. The lowest BCUT2D eigenvalue weighted by molar-refractivity contribution is -0.384. The molecule has 0 spiro atoms. The van der Waals surface area contributed by atoms with Gasteiger partial charge in [-0.15, -0.1) is 0 Å². The van der Waals surface area contributed by atoms with Crippen LogP contribution in [0.1, 0.15) is 5.56 Å². The number of rotatable bonds is 3. The number of benzene rings is 1. The highest BCUT2D eigenvalue weighted by Crippen LogP contribution is 2.40. The molecule has 0 bridgehead atoms. The Morgan fingerprint density at radius 1 is 1.35 bits per heavy atom. The van der Waals surface area contributed by atoms with E-state index in [9.17, 15) is 10.1 Å². The van der Waals surface area contributed by atoms with E-state index in [4.69, 9.17) is 33.7 Å². The van der Waals surface area contributed by atoms with Crippen molar-refractivity contribution in [2.24, 2.45) is 0 Å². The van der Waals surface area contributed by atoms with Crippen LogP contribution in [-0.4, -0.2) is 9.91 Å². The van der Waals surface area contributed by atoms with Gasteiger partial charge in [0.1, 0.15) is 0 Å². The van der Waals surface area contributed by atoms with Crippen LogP contribution in [0.4, 0.5) is 11.4 Å². The largest absolute Gasteiger partial charge is 0.434 e. The number of aromatic nitrogens is 1. The van der Waals surface area contributed by atoms with Crippen molar-refractivity contribution in [3.63, 3.8) is 0 Å². The summed E-state index contributed by atoms with van der Waals surface area (Å²) in [5.41, 5.74) is 6.73. The number of hydrogen-bond acceptors (Lipinski definition) is 5. The molecule has 0 aliphatic heterocycles. The quantitative estimate of drug-likeness (QED) is 0.683. The fraction of sp³-hybridized carbons (Fsp3) is 0.0833. The molecule has 0 radical (unpaired) electrons. The van der Waals surface area contributed by atoms with E-state index >= 15 is 0 Å². The summed E-state index contributed by atoms with van der Waals surface area (Å²) in [6, 6.07) is 4.02. The van der Waals surface area contributed by atoms with Gasteiger partial charge in [-0.25, -0.2) is 4.98 Å². The minimum Gasteiger partial charge on any atom is -0.434 e. The molecule has 1 aromatic heterocycles. The van der Waals surface area contributed by atoms with Crippen molar-refractivity contribution in [1.29, 1.82) is 0 Å². The maximum absolute atomic E-state index is 10.7. The number of nitro groups is 1. The maximum Gasteiger partial charge on any atom is 0.272 e. The zero-order chi connectivity index (χ0) is 14.9. The molecule has 2 N–H and O–H groups in total. The summed E-state index contributed by atoms with van der Waals surface area (Å²) >= 11 is 11.9. The van der Waals surface area contributed by atoms with E-state index in [1.54, 1.807) is 13.0 Å². The molecule has 0 saturated heterocycles. The monoisotopic (exact) mass is 313 g/mol. The Labute approximate surface area is 124 Å². The Bertz CT molecular complexity index is 669. The Morgan fingerprint density at radius 2 is 1.95 bits per heavy atom. The second-order valence-electron chi connectivity index (χ2n) is 3.94. The molecule has 6 nitrogen and oxygen atoms in total. The lowest BCUT2D eigenvalue weighted by atomic mass is 10.2. The molecule has 0 saturated carbocycles. The predicted molar refractivity (Wildman–Crippen MR) is 76.6 cm³/mol. The standard InChI is InChI=1S/C12H9Cl2N3O3/c1-6-2-3-16-12(10(6)15)20-11-8(13)4-7(17(18)19)5-9(11)14/h2-5H,15H2,1H3. The molecular weight excluding hydrogens is 305 g/mol. The van der Waals surface area contributed by atoms with Crippen molar-refractivity contribution >= 4 is 34.6 Å². The van der Waals surface area contributed by atoms with Gasteiger partial charge in [-0.3, -0.25) is 10.1 Å². The number of anilines is 1. The minimum atomic E-state index is -0.596. The molecule has 0 unspecified atom stereocenters. The van der Waals surface area contributed by atoms with Gasteiger partial charge < -0.3 is 10.5 Å². The van der Waals surface area contributed by atoms with Crippen molar-refractivity contribution < 1.29 is 9.66 Å². The molecule has 2 rings (SSSR count). The number of ether oxygens (including phenoxy) is 1. The normalized spacial score (nSPS) is 10.3.